The molecule has 0 aliphatic heterocycles. The van der Waals surface area contributed by atoms with Crippen molar-refractivity contribution in [2.45, 2.75) is 31.4 Å². The van der Waals surface area contributed by atoms with Crippen LogP contribution in [0, 0.1) is 11.7 Å². The number of benzene rings is 2. The van der Waals surface area contributed by atoms with Gasteiger partial charge < -0.3 is 25.6 Å². The Labute approximate surface area is 248 Å². The van der Waals surface area contributed by atoms with Crippen molar-refractivity contribution in [1.82, 2.24) is 20.1 Å². The van der Waals surface area contributed by atoms with Gasteiger partial charge in [0.25, 0.3) is 5.91 Å². The van der Waals surface area contributed by atoms with E-state index in [1.807, 2.05) is 0 Å². The molecule has 1 atom stereocenters. The number of carbonyl (C=O) groups excluding carboxylic acids is 2. The molecule has 4 aromatic rings. The largest absolute Gasteiger partial charge is 0.494 e. The Balaban J connectivity index is 1.52. The minimum atomic E-state index is -2.89. The fourth-order valence-corrected chi connectivity index (χ4v) is 5.06. The normalized spacial score (nSPS) is 14.4. The first-order valence-corrected chi connectivity index (χ1v) is 13.7. The highest BCUT2D eigenvalue weighted by Gasteiger charge is 2.47. The van der Waals surface area contributed by atoms with Gasteiger partial charge in [-0.25, -0.2) is 18.4 Å². The standard InChI is InChI=1S/C30H29F4N5O5/c1-43-22-11-18(10-19-14-39(29(33)34)38-25(19)22)28(41)36-15-30(42,20-4-5-20)23-12-17(13-24(35)40)27(44-9-8-31)26(37-23)16-2-6-21(32)7-3-16/h2-3,6-7,10-12,14,20,29,42H,4-5,8-9,13,15H2,1H3,(H2,35,40)(H,36,41)/t30-/m1/s1. The number of methoxy groups -OCH3 is 1. The van der Waals surface area contributed by atoms with E-state index in [4.69, 9.17) is 15.2 Å². The number of nitrogens with two attached hydrogens (primary N) is 1. The molecule has 2 heterocycles. The maximum atomic E-state index is 13.7. The van der Waals surface area contributed by atoms with Crippen molar-refractivity contribution in [1.29, 1.82) is 0 Å². The van der Waals surface area contributed by atoms with Crippen molar-refractivity contribution in [3.8, 4) is 22.8 Å². The van der Waals surface area contributed by atoms with Gasteiger partial charge in [-0.05, 0) is 61.2 Å². The van der Waals surface area contributed by atoms with E-state index in [0.717, 1.165) is 6.20 Å². The van der Waals surface area contributed by atoms with Gasteiger partial charge in [0.1, 0.15) is 47.4 Å². The van der Waals surface area contributed by atoms with Crippen LogP contribution in [0.4, 0.5) is 17.6 Å². The van der Waals surface area contributed by atoms with Crippen molar-refractivity contribution >= 4 is 22.7 Å². The molecule has 44 heavy (non-hydrogen) atoms. The van der Waals surface area contributed by atoms with Crippen LogP contribution >= 0.6 is 0 Å². The first-order valence-electron chi connectivity index (χ1n) is 13.7. The zero-order chi connectivity index (χ0) is 31.6. The highest BCUT2D eigenvalue weighted by atomic mass is 19.3. The first-order chi connectivity index (χ1) is 21.0. The molecule has 0 bridgehead atoms. The molecule has 14 heteroatoms. The molecule has 5 rings (SSSR count). The Morgan fingerprint density at radius 3 is 2.55 bits per heavy atom. The molecule has 0 radical (unpaired) electrons. The number of ether oxygens (including phenoxy) is 2. The van der Waals surface area contributed by atoms with Crippen LogP contribution in [-0.2, 0) is 16.8 Å². The van der Waals surface area contributed by atoms with Gasteiger partial charge in [0.2, 0.25) is 5.91 Å². The lowest BCUT2D eigenvalue weighted by Gasteiger charge is -2.30. The van der Waals surface area contributed by atoms with Gasteiger partial charge in [0.05, 0.1) is 25.8 Å². The summed E-state index contributed by atoms with van der Waals surface area (Å²) < 4.78 is 64.6. The number of pyridine rings is 1. The third-order valence-electron chi connectivity index (χ3n) is 7.34. The molecule has 1 aliphatic carbocycles. The van der Waals surface area contributed by atoms with Crippen molar-refractivity contribution in [3.63, 3.8) is 0 Å². The zero-order valence-corrected chi connectivity index (χ0v) is 23.5. The molecule has 0 unspecified atom stereocenters. The van der Waals surface area contributed by atoms with E-state index >= 15 is 0 Å². The highest BCUT2D eigenvalue weighted by molar-refractivity contribution is 5.99. The monoisotopic (exact) mass is 615 g/mol. The van der Waals surface area contributed by atoms with Crippen LogP contribution in [0.3, 0.4) is 0 Å². The zero-order valence-electron chi connectivity index (χ0n) is 23.5. The summed E-state index contributed by atoms with van der Waals surface area (Å²) in [6, 6.07) is 9.40. The van der Waals surface area contributed by atoms with Gasteiger partial charge in [-0.1, -0.05) is 0 Å². The average molecular weight is 616 g/mol. The molecule has 4 N–H and O–H groups in total. The lowest BCUT2D eigenvalue weighted by Crippen LogP contribution is -2.43. The number of alkyl halides is 3. The van der Waals surface area contributed by atoms with Crippen molar-refractivity contribution < 1.29 is 41.7 Å². The van der Waals surface area contributed by atoms with E-state index in [1.165, 1.54) is 49.6 Å². The number of aromatic nitrogens is 3. The summed E-state index contributed by atoms with van der Waals surface area (Å²) in [7, 11) is 1.32. The Bertz CT molecular complexity index is 1690. The minimum absolute atomic E-state index is 0.0590. The van der Waals surface area contributed by atoms with E-state index in [9.17, 15) is 32.3 Å². The number of amides is 2. The SMILES string of the molecule is COc1cc(C(=O)NC[C@](O)(c2cc(CC(N)=O)c(OCCF)c(-c3ccc(F)cc3)n2)C2CC2)cc2cn(C(F)F)nc12. The van der Waals surface area contributed by atoms with Crippen LogP contribution in [0.5, 0.6) is 11.5 Å². The molecule has 1 aliphatic rings. The van der Waals surface area contributed by atoms with E-state index in [-0.39, 0.29) is 70.4 Å². The fourth-order valence-electron chi connectivity index (χ4n) is 5.06. The predicted molar refractivity (Wildman–Crippen MR) is 150 cm³/mol. The Morgan fingerprint density at radius 2 is 1.93 bits per heavy atom. The number of fused-ring (bicyclic) bond motifs is 1. The second-order valence-electron chi connectivity index (χ2n) is 10.4. The van der Waals surface area contributed by atoms with Crippen LogP contribution in [0.25, 0.3) is 22.2 Å². The third-order valence-corrected chi connectivity index (χ3v) is 7.34. The number of nitrogens with one attached hydrogen (secondary N) is 1. The number of halogens is 4. The van der Waals surface area contributed by atoms with Crippen LogP contribution < -0.4 is 20.5 Å². The van der Waals surface area contributed by atoms with Crippen molar-refractivity contribution in [3.05, 3.63) is 71.3 Å². The van der Waals surface area contributed by atoms with E-state index < -0.39 is 36.5 Å². The van der Waals surface area contributed by atoms with Gasteiger partial charge in [-0.2, -0.15) is 13.9 Å². The summed E-state index contributed by atoms with van der Waals surface area (Å²) >= 11 is 0. The second kappa shape index (κ2) is 12.5. The lowest BCUT2D eigenvalue weighted by atomic mass is 9.90. The van der Waals surface area contributed by atoms with Gasteiger partial charge >= 0.3 is 6.55 Å². The van der Waals surface area contributed by atoms with Gasteiger partial charge in [-0.3, -0.25) is 9.59 Å². The van der Waals surface area contributed by atoms with Crippen molar-refractivity contribution in [2.24, 2.45) is 11.7 Å². The molecule has 1 saturated carbocycles. The quantitative estimate of drug-likeness (QED) is 0.193. The number of primary amides is 1. The Hall–Kier alpha value is -4.72. The van der Waals surface area contributed by atoms with Gasteiger partial charge in [0.15, 0.2) is 0 Å². The smallest absolute Gasteiger partial charge is 0.333 e. The molecular weight excluding hydrogens is 586 g/mol. The number of hydrogen-bond donors (Lipinski definition) is 3. The maximum absolute atomic E-state index is 13.7. The van der Waals surface area contributed by atoms with E-state index in [1.54, 1.807) is 0 Å². The molecular formula is C30H29F4N5O5. The number of nitrogens with zero attached hydrogens (tertiary/aromatic N) is 3. The number of aliphatic hydroxyl groups is 1. The van der Waals surface area contributed by atoms with Gasteiger partial charge in [0, 0.05) is 28.3 Å². The van der Waals surface area contributed by atoms with Crippen molar-refractivity contribution in [2.75, 3.05) is 26.9 Å². The molecule has 232 valence electrons. The summed E-state index contributed by atoms with van der Waals surface area (Å²) in [6.45, 7) is -4.39. The molecule has 10 nitrogen and oxygen atoms in total. The summed E-state index contributed by atoms with van der Waals surface area (Å²) in [5, 5.41) is 18.8. The van der Waals surface area contributed by atoms with E-state index in [2.05, 4.69) is 15.4 Å². The second-order valence-corrected chi connectivity index (χ2v) is 10.4. The fraction of sp³-hybridized carbons (Fsp3) is 0.333. The van der Waals surface area contributed by atoms with Crippen LogP contribution in [0.2, 0.25) is 0 Å². The summed E-state index contributed by atoms with van der Waals surface area (Å²) in [6.07, 6.45) is 1.98. The topological polar surface area (TPSA) is 142 Å². The van der Waals surface area contributed by atoms with Crippen LogP contribution in [0.15, 0.2) is 48.7 Å². The summed E-state index contributed by atoms with van der Waals surface area (Å²) in [4.78, 5) is 29.9. The molecule has 2 amide bonds. The van der Waals surface area contributed by atoms with Crippen LogP contribution in [-0.4, -0.2) is 58.6 Å². The number of carbonyl (C=O) groups is 2. The highest BCUT2D eigenvalue weighted by Crippen LogP contribution is 2.47. The van der Waals surface area contributed by atoms with E-state index in [0.29, 0.717) is 23.1 Å². The summed E-state index contributed by atoms with van der Waals surface area (Å²) in [5.74, 6) is -2.02. The summed E-state index contributed by atoms with van der Waals surface area (Å²) in [5.41, 5.74) is 4.80. The molecule has 0 saturated heterocycles. The number of rotatable bonds is 13. The molecule has 1 fully saturated rings. The maximum Gasteiger partial charge on any atom is 0.333 e. The minimum Gasteiger partial charge on any atom is -0.494 e. The van der Waals surface area contributed by atoms with Crippen LogP contribution in [0.1, 0.15) is 41.0 Å². The first kappa shape index (κ1) is 30.7. The third kappa shape index (κ3) is 6.30. The Kier molecular flexibility index (Phi) is 8.72. The number of hydrogen-bond acceptors (Lipinski definition) is 7. The molecule has 2 aromatic heterocycles. The Morgan fingerprint density at radius 1 is 1.20 bits per heavy atom. The molecule has 0 spiro atoms. The molecule has 2 aromatic carbocycles. The predicted octanol–water partition coefficient (Wildman–Crippen LogP) is 4.04. The van der Waals surface area contributed by atoms with Gasteiger partial charge in [-0.15, -0.1) is 0 Å². The lowest BCUT2D eigenvalue weighted by molar-refractivity contribution is -0.117. The average Bonchev–Trinajstić information content (AvgIpc) is 3.77.